The van der Waals surface area contributed by atoms with Crippen molar-refractivity contribution < 1.29 is 19.1 Å². The Kier molecular flexibility index (Phi) is 6.06. The van der Waals surface area contributed by atoms with Crippen molar-refractivity contribution in [2.45, 2.75) is 18.8 Å². The molecule has 2 N–H and O–H groups in total. The summed E-state index contributed by atoms with van der Waals surface area (Å²) in [5.74, 6) is -0.730. The number of carbonyl (C=O) groups is 2. The molecule has 3 aromatic rings. The van der Waals surface area contributed by atoms with Crippen molar-refractivity contribution in [1.29, 1.82) is 0 Å². The van der Waals surface area contributed by atoms with E-state index in [-0.39, 0.29) is 43.1 Å². The first kappa shape index (κ1) is 20.4. The minimum Gasteiger partial charge on any atom is -0.395 e. The van der Waals surface area contributed by atoms with Crippen molar-refractivity contribution >= 4 is 33.4 Å². The number of benzene rings is 1. The molecule has 0 saturated carbocycles. The molecule has 30 heavy (non-hydrogen) atoms. The second-order valence-electron chi connectivity index (χ2n) is 7.27. The second-order valence-corrected chi connectivity index (χ2v) is 8.27. The Balaban J connectivity index is 1.57. The molecule has 0 aliphatic carbocycles. The van der Waals surface area contributed by atoms with Gasteiger partial charge in [0.15, 0.2) is 0 Å². The third-order valence-electron chi connectivity index (χ3n) is 5.36. The molecule has 3 heterocycles. The van der Waals surface area contributed by atoms with Crippen LogP contribution in [-0.2, 0) is 11.2 Å². The molecule has 1 aliphatic heterocycles. The van der Waals surface area contributed by atoms with E-state index in [1.807, 2.05) is 12.1 Å². The van der Waals surface area contributed by atoms with Crippen molar-refractivity contribution in [2.75, 3.05) is 26.2 Å². The zero-order valence-electron chi connectivity index (χ0n) is 16.3. The molecule has 0 radical (unpaired) electrons. The number of fused-ring (bicyclic) bond motifs is 1. The van der Waals surface area contributed by atoms with Gasteiger partial charge < -0.3 is 15.3 Å². The third kappa shape index (κ3) is 4.06. The minimum absolute atomic E-state index is 0.00222. The van der Waals surface area contributed by atoms with Crippen LogP contribution < -0.4 is 5.32 Å². The van der Waals surface area contributed by atoms with E-state index in [0.717, 1.165) is 22.2 Å². The molecule has 2 aromatic heterocycles. The normalized spacial score (nSPS) is 16.2. The first-order chi connectivity index (χ1) is 14.6. The predicted octanol–water partition coefficient (Wildman–Crippen LogP) is 2.72. The fourth-order valence-electron chi connectivity index (χ4n) is 3.91. The maximum absolute atomic E-state index is 13.9. The van der Waals surface area contributed by atoms with Crippen LogP contribution in [0.1, 0.15) is 33.1 Å². The van der Waals surface area contributed by atoms with Gasteiger partial charge in [0.05, 0.1) is 17.9 Å². The molecule has 1 aromatic carbocycles. The lowest BCUT2D eigenvalue weighted by Crippen LogP contribution is -2.30. The highest BCUT2D eigenvalue weighted by Gasteiger charge is 2.33. The van der Waals surface area contributed by atoms with Gasteiger partial charge in [-0.25, -0.2) is 9.37 Å². The standard InChI is InChI=1S/C22H22FN3O3S/c23-17-6-2-1-4-14(17)12-18(28)26-10-7-15(13-26)19-16-5-3-8-25-22(16)30-20(19)21(29)24-9-11-27/h1-6,8,15,27H,7,9-13H2,(H,24,29)/t15-/m1/s1. The van der Waals surface area contributed by atoms with Gasteiger partial charge in [0.2, 0.25) is 5.91 Å². The zero-order chi connectivity index (χ0) is 21.1. The molecule has 2 amide bonds. The number of hydrogen-bond acceptors (Lipinski definition) is 5. The monoisotopic (exact) mass is 427 g/mol. The van der Waals surface area contributed by atoms with Gasteiger partial charge in [0, 0.05) is 37.1 Å². The highest BCUT2D eigenvalue weighted by atomic mass is 32.1. The predicted molar refractivity (Wildman–Crippen MR) is 113 cm³/mol. The molecule has 1 fully saturated rings. The number of hydrogen-bond donors (Lipinski definition) is 2. The van der Waals surface area contributed by atoms with E-state index in [1.54, 1.807) is 29.3 Å². The van der Waals surface area contributed by atoms with E-state index in [0.29, 0.717) is 23.5 Å². The Labute approximate surface area is 177 Å². The second kappa shape index (κ2) is 8.89. The van der Waals surface area contributed by atoms with Crippen LogP contribution in [0.3, 0.4) is 0 Å². The maximum atomic E-state index is 13.9. The van der Waals surface area contributed by atoms with E-state index < -0.39 is 0 Å². The van der Waals surface area contributed by atoms with Crippen molar-refractivity contribution in [2.24, 2.45) is 0 Å². The number of aliphatic hydroxyl groups is 1. The van der Waals surface area contributed by atoms with E-state index in [9.17, 15) is 14.0 Å². The summed E-state index contributed by atoms with van der Waals surface area (Å²) in [6, 6.07) is 10.1. The number of carbonyl (C=O) groups excluding carboxylic acids is 2. The van der Waals surface area contributed by atoms with Crippen molar-refractivity contribution in [3.63, 3.8) is 0 Å². The number of thiophene rings is 1. The first-order valence-corrected chi connectivity index (χ1v) is 10.7. The van der Waals surface area contributed by atoms with E-state index in [2.05, 4.69) is 10.3 Å². The lowest BCUT2D eigenvalue weighted by Gasteiger charge is -2.17. The quantitative estimate of drug-likeness (QED) is 0.634. The number of amides is 2. The average molecular weight is 428 g/mol. The molecule has 0 bridgehead atoms. The fraction of sp³-hybridized carbons (Fsp3) is 0.318. The summed E-state index contributed by atoms with van der Waals surface area (Å²) < 4.78 is 13.9. The van der Waals surface area contributed by atoms with Gasteiger partial charge in [0.1, 0.15) is 10.6 Å². The summed E-state index contributed by atoms with van der Waals surface area (Å²) in [6.45, 7) is 1.09. The smallest absolute Gasteiger partial charge is 0.261 e. The highest BCUT2D eigenvalue weighted by molar-refractivity contribution is 7.20. The number of likely N-dealkylation sites (tertiary alicyclic amines) is 1. The molecule has 8 heteroatoms. The largest absolute Gasteiger partial charge is 0.395 e. The number of aliphatic hydroxyl groups excluding tert-OH is 1. The van der Waals surface area contributed by atoms with Crippen molar-refractivity contribution in [3.8, 4) is 0 Å². The van der Waals surface area contributed by atoms with Crippen LogP contribution in [0, 0.1) is 5.82 Å². The van der Waals surface area contributed by atoms with Gasteiger partial charge in [-0.3, -0.25) is 9.59 Å². The highest BCUT2D eigenvalue weighted by Crippen LogP contribution is 2.39. The van der Waals surface area contributed by atoms with Gasteiger partial charge in [-0.2, -0.15) is 0 Å². The number of nitrogens with one attached hydrogen (secondary N) is 1. The van der Waals surface area contributed by atoms with Gasteiger partial charge >= 0.3 is 0 Å². The van der Waals surface area contributed by atoms with Gasteiger partial charge in [-0.1, -0.05) is 24.3 Å². The molecular formula is C22H22FN3O3S. The van der Waals surface area contributed by atoms with Crippen molar-refractivity contribution in [1.82, 2.24) is 15.2 Å². The molecule has 0 unspecified atom stereocenters. The molecule has 4 rings (SSSR count). The van der Waals surface area contributed by atoms with Crippen LogP contribution in [0.4, 0.5) is 4.39 Å². The van der Waals surface area contributed by atoms with Crippen LogP contribution >= 0.6 is 11.3 Å². The molecule has 1 atom stereocenters. The summed E-state index contributed by atoms with van der Waals surface area (Å²) in [7, 11) is 0. The van der Waals surface area contributed by atoms with Crippen LogP contribution in [0.5, 0.6) is 0 Å². The van der Waals surface area contributed by atoms with E-state index >= 15 is 0 Å². The zero-order valence-corrected chi connectivity index (χ0v) is 17.1. The summed E-state index contributed by atoms with van der Waals surface area (Å²) in [4.78, 5) is 32.9. The molecule has 0 spiro atoms. The maximum Gasteiger partial charge on any atom is 0.261 e. The van der Waals surface area contributed by atoms with Crippen LogP contribution in [0.25, 0.3) is 10.2 Å². The van der Waals surface area contributed by atoms with Crippen molar-refractivity contribution in [3.05, 3.63) is 64.4 Å². The average Bonchev–Trinajstić information content (AvgIpc) is 3.38. The Hall–Kier alpha value is -2.84. The van der Waals surface area contributed by atoms with Gasteiger partial charge in [-0.05, 0) is 29.7 Å². The number of pyridine rings is 1. The number of nitrogens with zero attached hydrogens (tertiary/aromatic N) is 2. The Morgan fingerprint density at radius 2 is 2.10 bits per heavy atom. The Morgan fingerprint density at radius 3 is 2.90 bits per heavy atom. The summed E-state index contributed by atoms with van der Waals surface area (Å²) in [5.41, 5.74) is 1.29. The topological polar surface area (TPSA) is 82.5 Å². The number of halogens is 1. The minimum atomic E-state index is -0.376. The lowest BCUT2D eigenvalue weighted by atomic mass is 9.95. The Morgan fingerprint density at radius 1 is 1.27 bits per heavy atom. The molecular weight excluding hydrogens is 405 g/mol. The molecule has 156 valence electrons. The number of aromatic nitrogens is 1. The summed E-state index contributed by atoms with van der Waals surface area (Å²) in [6.07, 6.45) is 2.44. The van der Waals surface area contributed by atoms with E-state index in [4.69, 9.17) is 5.11 Å². The van der Waals surface area contributed by atoms with Gasteiger partial charge in [-0.15, -0.1) is 11.3 Å². The van der Waals surface area contributed by atoms with Crippen LogP contribution in [-0.4, -0.2) is 53.0 Å². The lowest BCUT2D eigenvalue weighted by molar-refractivity contribution is -0.129. The SMILES string of the molecule is O=C(NCCO)c1sc2ncccc2c1[C@@H]1CCN(C(=O)Cc2ccccc2F)C1. The number of rotatable bonds is 6. The molecule has 6 nitrogen and oxygen atoms in total. The summed E-state index contributed by atoms with van der Waals surface area (Å²) >= 11 is 1.33. The van der Waals surface area contributed by atoms with Crippen LogP contribution in [0.2, 0.25) is 0 Å². The van der Waals surface area contributed by atoms with Crippen LogP contribution in [0.15, 0.2) is 42.6 Å². The van der Waals surface area contributed by atoms with E-state index in [1.165, 1.54) is 17.4 Å². The Bertz CT molecular complexity index is 1080. The first-order valence-electron chi connectivity index (χ1n) is 9.86. The molecule has 1 aliphatic rings. The van der Waals surface area contributed by atoms with Gasteiger partial charge in [0.25, 0.3) is 5.91 Å². The summed E-state index contributed by atoms with van der Waals surface area (Å²) in [5, 5.41) is 12.7. The third-order valence-corrected chi connectivity index (χ3v) is 6.49. The fourth-order valence-corrected chi connectivity index (χ4v) is 5.06. The molecule has 1 saturated heterocycles.